The summed E-state index contributed by atoms with van der Waals surface area (Å²) in [5, 5.41) is 3.93. The van der Waals surface area contributed by atoms with Crippen molar-refractivity contribution in [1.29, 1.82) is 0 Å². The van der Waals surface area contributed by atoms with Gasteiger partial charge in [-0.2, -0.15) is 0 Å². The van der Waals surface area contributed by atoms with Gasteiger partial charge in [0.2, 0.25) is 0 Å². The summed E-state index contributed by atoms with van der Waals surface area (Å²) in [4.78, 5) is 4.51. The molecular weight excluding hydrogens is 220 g/mol. The molecule has 1 N–H and O–H groups in total. The highest BCUT2D eigenvalue weighted by Crippen LogP contribution is 2.20. The van der Waals surface area contributed by atoms with Crippen LogP contribution in [0, 0.1) is 0 Å². The van der Waals surface area contributed by atoms with E-state index in [4.69, 9.17) is 11.6 Å². The molecule has 16 heavy (non-hydrogen) atoms. The van der Waals surface area contributed by atoms with Crippen molar-refractivity contribution in [1.82, 2.24) is 4.98 Å². The molecule has 3 heteroatoms. The Balaban J connectivity index is 2.32. The molecule has 0 aliphatic carbocycles. The molecule has 0 saturated heterocycles. The van der Waals surface area contributed by atoms with Crippen LogP contribution in [-0.4, -0.2) is 11.5 Å². The fourth-order valence-corrected chi connectivity index (χ4v) is 1.62. The number of hydrogen-bond donors (Lipinski definition) is 1. The van der Waals surface area contributed by atoms with E-state index < -0.39 is 0 Å². The predicted molar refractivity (Wildman–Crippen MR) is 68.8 cm³/mol. The van der Waals surface area contributed by atoms with Crippen molar-refractivity contribution in [2.75, 3.05) is 11.9 Å². The van der Waals surface area contributed by atoms with E-state index in [2.05, 4.69) is 17.2 Å². The topological polar surface area (TPSA) is 24.9 Å². The lowest BCUT2D eigenvalue weighted by Gasteiger charge is -2.05. The lowest BCUT2D eigenvalue weighted by atomic mass is 10.1. The predicted octanol–water partition coefficient (Wildman–Crippen LogP) is 3.83. The fraction of sp³-hybridized carbons (Fsp3) is 0.154. The first kappa shape index (κ1) is 11.0. The Morgan fingerprint density at radius 2 is 1.88 bits per heavy atom. The Bertz CT molecular complexity index is 466. The van der Waals surface area contributed by atoms with Gasteiger partial charge in [0.1, 0.15) is 5.82 Å². The zero-order chi connectivity index (χ0) is 11.4. The Morgan fingerprint density at radius 1 is 1.12 bits per heavy atom. The van der Waals surface area contributed by atoms with Gasteiger partial charge in [-0.3, -0.25) is 0 Å². The van der Waals surface area contributed by atoms with E-state index in [1.165, 1.54) is 0 Å². The van der Waals surface area contributed by atoms with Crippen LogP contribution in [0.4, 0.5) is 5.82 Å². The summed E-state index contributed by atoms with van der Waals surface area (Å²) in [6, 6.07) is 13.6. The number of nitrogens with zero attached hydrogens (tertiary/aromatic N) is 1. The van der Waals surface area contributed by atoms with E-state index in [0.29, 0.717) is 0 Å². The van der Waals surface area contributed by atoms with Crippen LogP contribution in [0.3, 0.4) is 0 Å². The average Bonchev–Trinajstić information content (AvgIpc) is 2.31. The van der Waals surface area contributed by atoms with Gasteiger partial charge in [-0.15, -0.1) is 0 Å². The number of anilines is 1. The molecule has 0 amide bonds. The summed E-state index contributed by atoms with van der Waals surface area (Å²) in [5.74, 6) is 0.898. The Kier molecular flexibility index (Phi) is 3.42. The first-order valence-corrected chi connectivity index (χ1v) is 5.64. The minimum absolute atomic E-state index is 0.742. The Hall–Kier alpha value is -1.54. The van der Waals surface area contributed by atoms with Crippen LogP contribution in [-0.2, 0) is 0 Å². The summed E-state index contributed by atoms with van der Waals surface area (Å²) < 4.78 is 0. The zero-order valence-electron chi connectivity index (χ0n) is 9.07. The van der Waals surface area contributed by atoms with E-state index in [9.17, 15) is 0 Å². The Labute approximate surface area is 100 Å². The summed E-state index contributed by atoms with van der Waals surface area (Å²) in [6.45, 7) is 2.92. The SMILES string of the molecule is CCNc1cccc(-c2ccc(Cl)cc2)n1. The lowest BCUT2D eigenvalue weighted by molar-refractivity contribution is 1.16. The molecule has 0 fully saturated rings. The van der Waals surface area contributed by atoms with Crippen molar-refractivity contribution >= 4 is 17.4 Å². The molecule has 2 rings (SSSR count). The van der Waals surface area contributed by atoms with Crippen LogP contribution < -0.4 is 5.32 Å². The van der Waals surface area contributed by atoms with Crippen LogP contribution in [0.15, 0.2) is 42.5 Å². The van der Waals surface area contributed by atoms with Gasteiger partial charge in [0.15, 0.2) is 0 Å². The van der Waals surface area contributed by atoms with Crippen molar-refractivity contribution in [2.24, 2.45) is 0 Å². The maximum atomic E-state index is 5.85. The van der Waals surface area contributed by atoms with E-state index in [-0.39, 0.29) is 0 Å². The van der Waals surface area contributed by atoms with E-state index in [0.717, 1.165) is 28.6 Å². The first-order chi connectivity index (χ1) is 7.79. The maximum Gasteiger partial charge on any atom is 0.126 e. The van der Waals surface area contributed by atoms with Crippen LogP contribution in [0.2, 0.25) is 5.02 Å². The number of halogens is 1. The largest absolute Gasteiger partial charge is 0.370 e. The second-order valence-electron chi connectivity index (χ2n) is 3.45. The highest BCUT2D eigenvalue weighted by Gasteiger charge is 2.00. The molecule has 0 unspecified atom stereocenters. The van der Waals surface area contributed by atoms with Gasteiger partial charge in [0, 0.05) is 17.1 Å². The van der Waals surface area contributed by atoms with Gasteiger partial charge in [0.25, 0.3) is 0 Å². The molecule has 0 aliphatic rings. The molecule has 0 aliphatic heterocycles. The molecule has 82 valence electrons. The van der Waals surface area contributed by atoms with Gasteiger partial charge < -0.3 is 5.32 Å². The third kappa shape index (κ3) is 2.52. The number of rotatable bonds is 3. The van der Waals surface area contributed by atoms with Crippen LogP contribution >= 0.6 is 11.6 Å². The van der Waals surface area contributed by atoms with Gasteiger partial charge in [-0.1, -0.05) is 29.8 Å². The Morgan fingerprint density at radius 3 is 2.56 bits per heavy atom. The third-order valence-electron chi connectivity index (χ3n) is 2.25. The van der Waals surface area contributed by atoms with Crippen molar-refractivity contribution in [3.05, 3.63) is 47.5 Å². The molecule has 0 radical (unpaired) electrons. The minimum Gasteiger partial charge on any atom is -0.370 e. The normalized spacial score (nSPS) is 10.1. The van der Waals surface area contributed by atoms with Gasteiger partial charge >= 0.3 is 0 Å². The van der Waals surface area contributed by atoms with Crippen LogP contribution in [0.1, 0.15) is 6.92 Å². The minimum atomic E-state index is 0.742. The lowest BCUT2D eigenvalue weighted by Crippen LogP contribution is -1.99. The van der Waals surface area contributed by atoms with E-state index in [1.807, 2.05) is 42.5 Å². The number of pyridine rings is 1. The molecule has 0 atom stereocenters. The standard InChI is InChI=1S/C13H13ClN2/c1-2-15-13-5-3-4-12(16-13)10-6-8-11(14)9-7-10/h3-9H,2H2,1H3,(H,15,16). The second kappa shape index (κ2) is 4.99. The van der Waals surface area contributed by atoms with Gasteiger partial charge in [-0.25, -0.2) is 4.98 Å². The number of nitrogens with one attached hydrogen (secondary N) is 1. The van der Waals surface area contributed by atoms with Crippen LogP contribution in [0.5, 0.6) is 0 Å². The summed E-state index contributed by atoms with van der Waals surface area (Å²) in [5.41, 5.74) is 2.03. The summed E-state index contributed by atoms with van der Waals surface area (Å²) in [6.07, 6.45) is 0. The van der Waals surface area contributed by atoms with Crippen molar-refractivity contribution in [3.8, 4) is 11.3 Å². The highest BCUT2D eigenvalue weighted by molar-refractivity contribution is 6.30. The molecule has 0 spiro atoms. The molecule has 0 saturated carbocycles. The van der Waals surface area contributed by atoms with Crippen LogP contribution in [0.25, 0.3) is 11.3 Å². The molecule has 2 nitrogen and oxygen atoms in total. The molecular formula is C13H13ClN2. The van der Waals surface area contributed by atoms with E-state index in [1.54, 1.807) is 0 Å². The first-order valence-electron chi connectivity index (χ1n) is 5.26. The smallest absolute Gasteiger partial charge is 0.126 e. The van der Waals surface area contributed by atoms with E-state index >= 15 is 0 Å². The molecule has 1 aromatic heterocycles. The summed E-state index contributed by atoms with van der Waals surface area (Å²) >= 11 is 5.85. The van der Waals surface area contributed by atoms with Gasteiger partial charge in [0.05, 0.1) is 5.69 Å². The highest BCUT2D eigenvalue weighted by atomic mass is 35.5. The maximum absolute atomic E-state index is 5.85. The molecule has 1 aromatic carbocycles. The average molecular weight is 233 g/mol. The van der Waals surface area contributed by atoms with Crippen molar-refractivity contribution < 1.29 is 0 Å². The quantitative estimate of drug-likeness (QED) is 0.870. The molecule has 2 aromatic rings. The summed E-state index contributed by atoms with van der Waals surface area (Å²) in [7, 11) is 0. The fourth-order valence-electron chi connectivity index (χ4n) is 1.50. The third-order valence-corrected chi connectivity index (χ3v) is 2.50. The molecule has 1 heterocycles. The second-order valence-corrected chi connectivity index (χ2v) is 3.88. The number of benzene rings is 1. The van der Waals surface area contributed by atoms with Crippen molar-refractivity contribution in [2.45, 2.75) is 6.92 Å². The van der Waals surface area contributed by atoms with Gasteiger partial charge in [-0.05, 0) is 31.2 Å². The zero-order valence-corrected chi connectivity index (χ0v) is 9.83. The van der Waals surface area contributed by atoms with Crippen molar-refractivity contribution in [3.63, 3.8) is 0 Å². The monoisotopic (exact) mass is 232 g/mol. The number of aromatic nitrogens is 1. The number of hydrogen-bond acceptors (Lipinski definition) is 2. The molecule has 0 bridgehead atoms.